The molecular formula is C21H27NO2S2. The number of thioether (sulfide) groups is 1. The average molecular weight is 390 g/mol. The molecule has 3 nitrogen and oxygen atoms in total. The van der Waals surface area contributed by atoms with Gasteiger partial charge < -0.3 is 4.74 Å². The van der Waals surface area contributed by atoms with Crippen LogP contribution in [0, 0.1) is 5.92 Å². The van der Waals surface area contributed by atoms with Crippen molar-refractivity contribution in [3.63, 3.8) is 0 Å². The molecule has 0 N–H and O–H groups in total. The smallest absolute Gasteiger partial charge is 0.266 e. The van der Waals surface area contributed by atoms with Crippen LogP contribution >= 0.6 is 24.0 Å². The molecule has 26 heavy (non-hydrogen) atoms. The summed E-state index contributed by atoms with van der Waals surface area (Å²) in [6.07, 6.45) is 8.22. The summed E-state index contributed by atoms with van der Waals surface area (Å²) < 4.78 is 6.15. The van der Waals surface area contributed by atoms with Crippen LogP contribution in [0.4, 0.5) is 0 Å². The van der Waals surface area contributed by atoms with Gasteiger partial charge in [-0.3, -0.25) is 9.69 Å². The maximum atomic E-state index is 12.8. The molecule has 1 fully saturated rings. The van der Waals surface area contributed by atoms with Gasteiger partial charge in [0.05, 0.1) is 4.91 Å². The van der Waals surface area contributed by atoms with E-state index in [-0.39, 0.29) is 5.91 Å². The molecule has 0 spiro atoms. The van der Waals surface area contributed by atoms with Gasteiger partial charge in [-0.15, -0.1) is 0 Å². The van der Waals surface area contributed by atoms with Crippen molar-refractivity contribution in [3.05, 3.63) is 47.4 Å². The van der Waals surface area contributed by atoms with E-state index in [9.17, 15) is 4.79 Å². The Morgan fingerprint density at radius 2 is 2.04 bits per heavy atom. The fourth-order valence-electron chi connectivity index (χ4n) is 2.80. The predicted molar refractivity (Wildman–Crippen MR) is 115 cm³/mol. The summed E-state index contributed by atoms with van der Waals surface area (Å²) in [5, 5.41) is 0. The van der Waals surface area contributed by atoms with Gasteiger partial charge in [0, 0.05) is 6.54 Å². The Kier molecular flexibility index (Phi) is 8.39. The molecule has 1 saturated heterocycles. The molecule has 0 aromatic heterocycles. The highest BCUT2D eigenvalue weighted by Gasteiger charge is 2.33. The summed E-state index contributed by atoms with van der Waals surface area (Å²) in [5.74, 6) is 1.33. The Morgan fingerprint density at radius 1 is 1.31 bits per heavy atom. The first-order valence-corrected chi connectivity index (χ1v) is 10.4. The lowest BCUT2D eigenvalue weighted by Gasteiger charge is -2.21. The lowest BCUT2D eigenvalue weighted by Crippen LogP contribution is -2.33. The molecule has 1 atom stereocenters. The second kappa shape index (κ2) is 10.5. The van der Waals surface area contributed by atoms with Crippen LogP contribution in [0.25, 0.3) is 6.08 Å². The molecule has 1 amide bonds. The van der Waals surface area contributed by atoms with Crippen LogP contribution < -0.4 is 4.74 Å². The number of carbonyl (C=O) groups is 1. The van der Waals surface area contributed by atoms with Crippen LogP contribution in [0.5, 0.6) is 5.75 Å². The number of nitrogens with zero attached hydrogens (tertiary/aromatic N) is 1. The average Bonchev–Trinajstić information content (AvgIpc) is 2.91. The Bertz CT molecular complexity index is 667. The number of rotatable bonds is 10. The minimum atomic E-state index is 0.0296. The number of benzene rings is 1. The van der Waals surface area contributed by atoms with Crippen molar-refractivity contribution in [2.45, 2.75) is 39.5 Å². The van der Waals surface area contributed by atoms with E-state index >= 15 is 0 Å². The Balaban J connectivity index is 2.04. The van der Waals surface area contributed by atoms with Gasteiger partial charge in [-0.2, -0.15) is 0 Å². The van der Waals surface area contributed by atoms with Crippen molar-refractivity contribution >= 4 is 40.3 Å². The monoisotopic (exact) mass is 389 g/mol. The quantitative estimate of drug-likeness (QED) is 0.293. The van der Waals surface area contributed by atoms with E-state index in [4.69, 9.17) is 17.0 Å². The molecule has 1 aromatic rings. The fourth-order valence-corrected chi connectivity index (χ4v) is 4.07. The van der Waals surface area contributed by atoms with Crippen molar-refractivity contribution in [3.8, 4) is 5.75 Å². The molecule has 0 bridgehead atoms. The van der Waals surface area contributed by atoms with Crippen LogP contribution in [0.2, 0.25) is 0 Å². The molecule has 0 radical (unpaired) electrons. The molecule has 1 aliphatic rings. The van der Waals surface area contributed by atoms with Crippen molar-refractivity contribution in [2.75, 3.05) is 13.2 Å². The van der Waals surface area contributed by atoms with Gasteiger partial charge in [0.15, 0.2) is 0 Å². The number of thiocarbonyl (C=S) groups is 1. The highest BCUT2D eigenvalue weighted by atomic mass is 32.2. The maximum absolute atomic E-state index is 12.8. The topological polar surface area (TPSA) is 29.5 Å². The fraction of sp³-hybridized carbons (Fsp3) is 0.429. The van der Waals surface area contributed by atoms with E-state index in [1.165, 1.54) is 24.6 Å². The third kappa shape index (κ3) is 5.71. The zero-order valence-corrected chi connectivity index (χ0v) is 17.2. The number of unbranched alkanes of at least 4 members (excludes halogenated alkanes) is 1. The number of hydrogen-bond acceptors (Lipinski definition) is 4. The number of carbonyl (C=O) groups excluding carboxylic acids is 1. The molecule has 1 aliphatic heterocycles. The normalized spacial score (nSPS) is 17.0. The highest BCUT2D eigenvalue weighted by Crippen LogP contribution is 2.34. The summed E-state index contributed by atoms with van der Waals surface area (Å²) in [5.41, 5.74) is 0.967. The molecule has 1 heterocycles. The van der Waals surface area contributed by atoms with Gasteiger partial charge in [-0.25, -0.2) is 0 Å². The Hall–Kier alpha value is -1.59. The summed E-state index contributed by atoms with van der Waals surface area (Å²) in [4.78, 5) is 15.2. The van der Waals surface area contributed by atoms with Crippen LogP contribution in [0.3, 0.4) is 0 Å². The number of hydrogen-bond donors (Lipinski definition) is 0. The van der Waals surface area contributed by atoms with E-state index < -0.39 is 0 Å². The van der Waals surface area contributed by atoms with Crippen molar-refractivity contribution in [1.82, 2.24) is 4.90 Å². The lowest BCUT2D eigenvalue weighted by molar-refractivity contribution is -0.122. The van der Waals surface area contributed by atoms with Crippen molar-refractivity contribution in [1.29, 1.82) is 0 Å². The van der Waals surface area contributed by atoms with Crippen LogP contribution in [0.15, 0.2) is 41.8 Å². The summed E-state index contributed by atoms with van der Waals surface area (Å²) >= 11 is 6.85. The van der Waals surface area contributed by atoms with Crippen LogP contribution in [-0.4, -0.2) is 28.3 Å². The molecule has 5 heteroatoms. The zero-order valence-electron chi connectivity index (χ0n) is 15.6. The molecular weight excluding hydrogens is 362 g/mol. The predicted octanol–water partition coefficient (Wildman–Crippen LogP) is 5.67. The van der Waals surface area contributed by atoms with E-state index in [0.717, 1.165) is 30.7 Å². The molecule has 2 rings (SSSR count). The second-order valence-corrected chi connectivity index (χ2v) is 8.05. The first-order valence-electron chi connectivity index (χ1n) is 9.18. The van der Waals surface area contributed by atoms with Gasteiger partial charge in [0.25, 0.3) is 5.91 Å². The lowest BCUT2D eigenvalue weighted by atomic mass is 9.99. The third-order valence-electron chi connectivity index (χ3n) is 4.40. The SMILES string of the molecule is C=CCOc1ccc(/C=C2\SC(=S)N(C[C@@H](CC)CCCC)C2=O)cc1. The van der Waals surface area contributed by atoms with Gasteiger partial charge in [-0.05, 0) is 36.1 Å². The van der Waals surface area contributed by atoms with E-state index in [1.54, 1.807) is 11.0 Å². The highest BCUT2D eigenvalue weighted by molar-refractivity contribution is 8.26. The number of amides is 1. The summed E-state index contributed by atoms with van der Waals surface area (Å²) in [6, 6.07) is 7.68. The maximum Gasteiger partial charge on any atom is 0.266 e. The summed E-state index contributed by atoms with van der Waals surface area (Å²) in [7, 11) is 0. The minimum absolute atomic E-state index is 0.0296. The number of ether oxygens (including phenoxy) is 1. The van der Waals surface area contributed by atoms with Gasteiger partial charge in [0.1, 0.15) is 16.7 Å². The molecule has 140 valence electrons. The molecule has 0 aliphatic carbocycles. The second-order valence-electron chi connectivity index (χ2n) is 6.38. The minimum Gasteiger partial charge on any atom is -0.490 e. The van der Waals surface area contributed by atoms with Crippen molar-refractivity contribution in [2.24, 2.45) is 5.92 Å². The van der Waals surface area contributed by atoms with Crippen LogP contribution in [-0.2, 0) is 4.79 Å². The first kappa shape index (κ1) is 20.7. The van der Waals surface area contributed by atoms with E-state index in [0.29, 0.717) is 21.8 Å². The molecule has 1 aromatic carbocycles. The largest absolute Gasteiger partial charge is 0.490 e. The first-order chi connectivity index (χ1) is 12.6. The van der Waals surface area contributed by atoms with Crippen molar-refractivity contribution < 1.29 is 9.53 Å². The zero-order chi connectivity index (χ0) is 18.9. The third-order valence-corrected chi connectivity index (χ3v) is 5.78. The van der Waals surface area contributed by atoms with Gasteiger partial charge >= 0.3 is 0 Å². The summed E-state index contributed by atoms with van der Waals surface area (Å²) in [6.45, 7) is 9.23. The van der Waals surface area contributed by atoms with E-state index in [1.807, 2.05) is 30.3 Å². The van der Waals surface area contributed by atoms with Gasteiger partial charge in [-0.1, -0.05) is 81.9 Å². The molecule has 0 saturated carbocycles. The van der Waals surface area contributed by atoms with Gasteiger partial charge in [0.2, 0.25) is 0 Å². The Labute approximate surface area is 166 Å². The molecule has 0 unspecified atom stereocenters. The van der Waals surface area contributed by atoms with Crippen LogP contribution in [0.1, 0.15) is 45.1 Å². The standard InChI is InChI=1S/C21H27NO2S2/c1-4-7-8-16(6-3)15-22-20(23)19(26-21(22)25)14-17-9-11-18(12-10-17)24-13-5-2/h5,9-12,14,16H,2,4,6-8,13,15H2,1,3H3/b19-14-/t16-/m0/s1. The Morgan fingerprint density at radius 3 is 2.65 bits per heavy atom. The van der Waals surface area contributed by atoms with E-state index in [2.05, 4.69) is 20.4 Å².